The fraction of sp³-hybridized carbons (Fsp3) is 1.00. The lowest BCUT2D eigenvalue weighted by Crippen LogP contribution is -2.56. The second-order valence-electron chi connectivity index (χ2n) is 5.06. The van der Waals surface area contributed by atoms with Crippen LogP contribution in [0.5, 0.6) is 0 Å². The van der Waals surface area contributed by atoms with Crippen LogP contribution in [0.2, 0.25) is 0 Å². The van der Waals surface area contributed by atoms with Crippen LogP contribution in [0.15, 0.2) is 0 Å². The predicted molar refractivity (Wildman–Crippen MR) is 61.7 cm³/mol. The number of nitrogens with two attached hydrogens (primary N) is 1. The molecule has 2 N–H and O–H groups in total. The van der Waals surface area contributed by atoms with Gasteiger partial charge in [-0.15, -0.1) is 0 Å². The van der Waals surface area contributed by atoms with Crippen LogP contribution in [0, 0.1) is 5.92 Å². The van der Waals surface area contributed by atoms with Gasteiger partial charge in [-0.25, -0.2) is 0 Å². The molecule has 0 aliphatic carbocycles. The Hall–Kier alpha value is -0.330. The smallest absolute Gasteiger partial charge is 0.330 e. The minimum atomic E-state index is -4.19. The van der Waals surface area contributed by atoms with Crippen LogP contribution in [-0.2, 0) is 0 Å². The van der Waals surface area contributed by atoms with Gasteiger partial charge >= 0.3 is 6.18 Å². The summed E-state index contributed by atoms with van der Waals surface area (Å²) in [6.07, 6.45) is -4.19. The highest BCUT2D eigenvalue weighted by atomic mass is 19.4. The van der Waals surface area contributed by atoms with E-state index in [2.05, 4.69) is 4.90 Å². The lowest BCUT2D eigenvalue weighted by Gasteiger charge is -2.43. The molecule has 1 aliphatic heterocycles. The minimum absolute atomic E-state index is 0.0164. The molecule has 3 atom stereocenters. The van der Waals surface area contributed by atoms with Gasteiger partial charge in [0.1, 0.15) is 0 Å². The quantitative estimate of drug-likeness (QED) is 0.819. The molecule has 17 heavy (non-hydrogen) atoms. The molecule has 0 aromatic rings. The molecular formula is C11H22F3N3. The van der Waals surface area contributed by atoms with Crippen molar-refractivity contribution in [2.24, 2.45) is 11.7 Å². The van der Waals surface area contributed by atoms with Crippen molar-refractivity contribution in [3.05, 3.63) is 0 Å². The highest BCUT2D eigenvalue weighted by Crippen LogP contribution is 2.27. The monoisotopic (exact) mass is 253 g/mol. The first kappa shape index (κ1) is 14.7. The largest absolute Gasteiger partial charge is 0.394 e. The van der Waals surface area contributed by atoms with Crippen LogP contribution >= 0.6 is 0 Å². The van der Waals surface area contributed by atoms with Gasteiger partial charge in [0.15, 0.2) is 0 Å². The first-order valence-corrected chi connectivity index (χ1v) is 5.96. The molecule has 0 spiro atoms. The first-order valence-electron chi connectivity index (χ1n) is 5.96. The fourth-order valence-electron chi connectivity index (χ4n) is 2.29. The molecule has 1 fully saturated rings. The maximum Gasteiger partial charge on any atom is 0.394 e. The lowest BCUT2D eigenvalue weighted by molar-refractivity contribution is -0.178. The first-order chi connectivity index (χ1) is 7.75. The van der Waals surface area contributed by atoms with Gasteiger partial charge in [0.2, 0.25) is 0 Å². The SMILES string of the molecule is CC1CN(CC(CN)C(F)(F)F)CC(C)N1C. The van der Waals surface area contributed by atoms with E-state index >= 15 is 0 Å². The number of hydrogen-bond donors (Lipinski definition) is 1. The zero-order valence-corrected chi connectivity index (χ0v) is 10.7. The Morgan fingerprint density at radius 1 is 1.24 bits per heavy atom. The molecule has 102 valence electrons. The number of alkyl halides is 3. The molecule has 1 saturated heterocycles. The van der Waals surface area contributed by atoms with Crippen LogP contribution < -0.4 is 5.73 Å². The van der Waals surface area contributed by atoms with E-state index in [1.807, 2.05) is 25.8 Å². The van der Waals surface area contributed by atoms with Crippen molar-refractivity contribution in [2.75, 3.05) is 33.2 Å². The number of nitrogens with zero attached hydrogens (tertiary/aromatic N) is 2. The van der Waals surface area contributed by atoms with E-state index in [1.54, 1.807) is 0 Å². The molecule has 0 amide bonds. The Morgan fingerprint density at radius 2 is 1.71 bits per heavy atom. The van der Waals surface area contributed by atoms with E-state index in [4.69, 9.17) is 5.73 Å². The normalized spacial score (nSPS) is 30.5. The Balaban J connectivity index is 2.57. The van der Waals surface area contributed by atoms with Gasteiger partial charge in [0, 0.05) is 38.3 Å². The molecule has 6 heteroatoms. The summed E-state index contributed by atoms with van der Waals surface area (Å²) in [6, 6.07) is 0.566. The van der Waals surface area contributed by atoms with E-state index in [0.29, 0.717) is 13.1 Å². The summed E-state index contributed by atoms with van der Waals surface area (Å²) in [6.45, 7) is 5.10. The fourth-order valence-corrected chi connectivity index (χ4v) is 2.29. The second-order valence-corrected chi connectivity index (χ2v) is 5.06. The average molecular weight is 253 g/mol. The average Bonchev–Trinajstić information content (AvgIpc) is 2.20. The van der Waals surface area contributed by atoms with Gasteiger partial charge in [0.05, 0.1) is 5.92 Å². The topological polar surface area (TPSA) is 32.5 Å². The molecule has 1 aliphatic rings. The summed E-state index contributed by atoms with van der Waals surface area (Å²) < 4.78 is 37.9. The van der Waals surface area contributed by atoms with Crippen LogP contribution in [-0.4, -0.2) is 61.3 Å². The molecule has 1 rings (SSSR count). The lowest BCUT2D eigenvalue weighted by atomic mass is 10.0. The van der Waals surface area contributed by atoms with Crippen LogP contribution in [0.4, 0.5) is 13.2 Å². The van der Waals surface area contributed by atoms with Gasteiger partial charge in [0.25, 0.3) is 0 Å². The van der Waals surface area contributed by atoms with E-state index in [1.165, 1.54) is 0 Å². The highest BCUT2D eigenvalue weighted by Gasteiger charge is 2.40. The number of piperazine rings is 1. The summed E-state index contributed by atoms with van der Waals surface area (Å²) in [5.41, 5.74) is 5.22. The number of halogens is 3. The number of rotatable bonds is 3. The van der Waals surface area contributed by atoms with Crippen molar-refractivity contribution >= 4 is 0 Å². The number of hydrogen-bond acceptors (Lipinski definition) is 3. The molecule has 0 aromatic carbocycles. The Bertz CT molecular complexity index is 233. The third-order valence-electron chi connectivity index (χ3n) is 3.66. The van der Waals surface area contributed by atoms with E-state index in [9.17, 15) is 13.2 Å². The summed E-state index contributed by atoms with van der Waals surface area (Å²) in [5, 5.41) is 0. The molecule has 3 unspecified atom stereocenters. The van der Waals surface area contributed by atoms with Gasteiger partial charge in [-0.3, -0.25) is 9.80 Å². The third kappa shape index (κ3) is 3.82. The molecule has 0 bridgehead atoms. The van der Waals surface area contributed by atoms with E-state index in [-0.39, 0.29) is 25.2 Å². The number of likely N-dealkylation sites (N-methyl/N-ethyl adjacent to an activating group) is 1. The highest BCUT2D eigenvalue weighted by molar-refractivity contribution is 4.85. The van der Waals surface area contributed by atoms with Gasteiger partial charge < -0.3 is 5.73 Å². The standard InChI is InChI=1S/C11H22F3N3/c1-8-5-17(6-9(2)16(8)3)7-10(4-15)11(12,13)14/h8-10H,4-7,15H2,1-3H3. The third-order valence-corrected chi connectivity index (χ3v) is 3.66. The molecule has 0 saturated carbocycles. The van der Waals surface area contributed by atoms with Crippen molar-refractivity contribution in [1.29, 1.82) is 0 Å². The van der Waals surface area contributed by atoms with Gasteiger partial charge in [-0.2, -0.15) is 13.2 Å². The molecule has 0 aromatic heterocycles. The zero-order valence-electron chi connectivity index (χ0n) is 10.7. The van der Waals surface area contributed by atoms with Crippen LogP contribution in [0.1, 0.15) is 13.8 Å². The summed E-state index contributed by atoms with van der Waals surface area (Å²) in [4.78, 5) is 4.07. The maximum absolute atomic E-state index is 12.6. The molecule has 0 radical (unpaired) electrons. The zero-order chi connectivity index (χ0) is 13.2. The molecular weight excluding hydrogens is 231 g/mol. The predicted octanol–water partition coefficient (Wildman–Crippen LogP) is 1.15. The van der Waals surface area contributed by atoms with Crippen LogP contribution in [0.25, 0.3) is 0 Å². The van der Waals surface area contributed by atoms with Crippen molar-refractivity contribution in [1.82, 2.24) is 9.80 Å². The summed E-state index contributed by atoms with van der Waals surface area (Å²) in [5.74, 6) is -1.41. The van der Waals surface area contributed by atoms with Crippen molar-refractivity contribution < 1.29 is 13.2 Å². The summed E-state index contributed by atoms with van der Waals surface area (Å²) in [7, 11) is 2.01. The molecule has 1 heterocycles. The van der Waals surface area contributed by atoms with Gasteiger partial charge in [-0.1, -0.05) is 0 Å². The van der Waals surface area contributed by atoms with Crippen molar-refractivity contribution in [2.45, 2.75) is 32.1 Å². The van der Waals surface area contributed by atoms with Crippen molar-refractivity contribution in [3.63, 3.8) is 0 Å². The van der Waals surface area contributed by atoms with Gasteiger partial charge in [-0.05, 0) is 20.9 Å². The maximum atomic E-state index is 12.6. The van der Waals surface area contributed by atoms with E-state index in [0.717, 1.165) is 0 Å². The Kier molecular flexibility index (Phi) is 4.80. The molecule has 3 nitrogen and oxygen atoms in total. The summed E-state index contributed by atoms with van der Waals surface area (Å²) >= 11 is 0. The Morgan fingerprint density at radius 3 is 2.06 bits per heavy atom. The van der Waals surface area contributed by atoms with Crippen molar-refractivity contribution in [3.8, 4) is 0 Å². The minimum Gasteiger partial charge on any atom is -0.330 e. The Labute approximate surface area is 101 Å². The van der Waals surface area contributed by atoms with Crippen LogP contribution in [0.3, 0.4) is 0 Å². The second kappa shape index (κ2) is 5.54. The van der Waals surface area contributed by atoms with E-state index < -0.39 is 12.1 Å².